The Labute approximate surface area is 224 Å². The summed E-state index contributed by atoms with van der Waals surface area (Å²) in [5, 5.41) is 7.68. The summed E-state index contributed by atoms with van der Waals surface area (Å²) in [6, 6.07) is 25.6. The number of carbonyl (C=O) groups is 2. The van der Waals surface area contributed by atoms with Crippen molar-refractivity contribution in [3.8, 4) is 11.5 Å². The minimum atomic E-state index is -0.229. The summed E-state index contributed by atoms with van der Waals surface area (Å²) in [5.74, 6) is 0.892. The number of benzene rings is 4. The van der Waals surface area contributed by atoms with Crippen molar-refractivity contribution < 1.29 is 19.1 Å². The van der Waals surface area contributed by atoms with E-state index in [1.165, 1.54) is 0 Å². The van der Waals surface area contributed by atoms with Crippen molar-refractivity contribution in [3.63, 3.8) is 0 Å². The molecule has 6 nitrogen and oxygen atoms in total. The van der Waals surface area contributed by atoms with E-state index < -0.39 is 0 Å². The third kappa shape index (κ3) is 6.91. The van der Waals surface area contributed by atoms with E-state index in [1.807, 2.05) is 60.7 Å². The number of hydrogen-bond donors (Lipinski definition) is 2. The molecule has 0 saturated carbocycles. The second kappa shape index (κ2) is 13.3. The molecule has 0 saturated heterocycles. The molecular formula is C32H34N2O4. The number of carbonyl (C=O) groups excluding carboxylic acids is 2. The van der Waals surface area contributed by atoms with E-state index in [9.17, 15) is 9.59 Å². The summed E-state index contributed by atoms with van der Waals surface area (Å²) < 4.78 is 11.5. The first-order chi connectivity index (χ1) is 18.6. The van der Waals surface area contributed by atoms with Gasteiger partial charge in [-0.15, -0.1) is 0 Å². The summed E-state index contributed by atoms with van der Waals surface area (Å²) >= 11 is 0. The Morgan fingerprint density at radius 3 is 1.45 bits per heavy atom. The van der Waals surface area contributed by atoms with Gasteiger partial charge in [-0.25, -0.2) is 0 Å². The van der Waals surface area contributed by atoms with Gasteiger partial charge in [0.1, 0.15) is 11.5 Å². The maximum atomic E-state index is 13.1. The van der Waals surface area contributed by atoms with Gasteiger partial charge in [-0.2, -0.15) is 0 Å². The van der Waals surface area contributed by atoms with Gasteiger partial charge in [-0.05, 0) is 61.4 Å². The predicted molar refractivity (Wildman–Crippen MR) is 154 cm³/mol. The van der Waals surface area contributed by atoms with Crippen LogP contribution in [-0.2, 0) is 0 Å². The molecule has 0 aliphatic heterocycles. The van der Waals surface area contributed by atoms with E-state index in [0.717, 1.165) is 36.5 Å². The van der Waals surface area contributed by atoms with Crippen molar-refractivity contribution in [2.45, 2.75) is 39.5 Å². The molecule has 4 aromatic carbocycles. The molecule has 0 atom stereocenters. The van der Waals surface area contributed by atoms with E-state index in [0.29, 0.717) is 47.2 Å². The Morgan fingerprint density at radius 1 is 0.605 bits per heavy atom. The first kappa shape index (κ1) is 26.7. The molecule has 0 fully saturated rings. The highest BCUT2D eigenvalue weighted by Crippen LogP contribution is 2.30. The molecule has 196 valence electrons. The van der Waals surface area contributed by atoms with E-state index >= 15 is 0 Å². The van der Waals surface area contributed by atoms with E-state index in [2.05, 4.69) is 24.5 Å². The van der Waals surface area contributed by atoms with Crippen LogP contribution in [0.5, 0.6) is 11.5 Å². The first-order valence-corrected chi connectivity index (χ1v) is 13.2. The molecule has 0 aromatic heterocycles. The maximum absolute atomic E-state index is 13.1. The molecular weight excluding hydrogens is 476 g/mol. The van der Waals surface area contributed by atoms with Crippen LogP contribution in [0.1, 0.15) is 60.2 Å². The zero-order valence-corrected chi connectivity index (χ0v) is 22.0. The number of fused-ring (bicyclic) bond motifs is 1. The van der Waals surface area contributed by atoms with Gasteiger partial charge < -0.3 is 20.1 Å². The second-order valence-electron chi connectivity index (χ2n) is 9.07. The average Bonchev–Trinajstić information content (AvgIpc) is 2.94. The summed E-state index contributed by atoms with van der Waals surface area (Å²) in [6.45, 7) is 5.46. The van der Waals surface area contributed by atoms with E-state index in [-0.39, 0.29) is 11.8 Å². The fraction of sp³-hybridized carbons (Fsp3) is 0.250. The Kier molecular flexibility index (Phi) is 9.35. The van der Waals surface area contributed by atoms with E-state index in [1.54, 1.807) is 24.3 Å². The van der Waals surface area contributed by atoms with Crippen molar-refractivity contribution >= 4 is 34.0 Å². The van der Waals surface area contributed by atoms with Crippen molar-refractivity contribution in [2.75, 3.05) is 23.8 Å². The lowest BCUT2D eigenvalue weighted by atomic mass is 10.1. The molecule has 0 heterocycles. The third-order valence-electron chi connectivity index (χ3n) is 6.14. The van der Waals surface area contributed by atoms with Crippen LogP contribution >= 0.6 is 0 Å². The lowest BCUT2D eigenvalue weighted by Gasteiger charge is -2.13. The van der Waals surface area contributed by atoms with E-state index in [4.69, 9.17) is 9.47 Å². The summed E-state index contributed by atoms with van der Waals surface area (Å²) in [5.41, 5.74) is 2.35. The highest BCUT2D eigenvalue weighted by Gasteiger charge is 2.13. The third-order valence-corrected chi connectivity index (χ3v) is 6.14. The van der Waals surface area contributed by atoms with Crippen LogP contribution in [0, 0.1) is 0 Å². The van der Waals surface area contributed by atoms with Crippen LogP contribution in [0.2, 0.25) is 0 Å². The molecule has 2 N–H and O–H groups in total. The minimum Gasteiger partial charge on any atom is -0.494 e. The zero-order chi connectivity index (χ0) is 26.7. The highest BCUT2D eigenvalue weighted by atomic mass is 16.5. The molecule has 0 aliphatic rings. The van der Waals surface area contributed by atoms with Gasteiger partial charge in [-0.3, -0.25) is 9.59 Å². The lowest BCUT2D eigenvalue weighted by molar-refractivity contribution is 0.101. The maximum Gasteiger partial charge on any atom is 0.255 e. The van der Waals surface area contributed by atoms with Crippen LogP contribution < -0.4 is 20.1 Å². The minimum absolute atomic E-state index is 0.229. The second-order valence-corrected chi connectivity index (χ2v) is 9.07. The van der Waals surface area contributed by atoms with Crippen LogP contribution in [0.4, 0.5) is 11.4 Å². The van der Waals surface area contributed by atoms with Crippen LogP contribution in [0.15, 0.2) is 84.9 Å². The standard InChI is InChI=1S/C32H34N2O4/c1-3-5-19-37-25-13-7-11-23(21-25)31(35)33-29-17-9-16-28-27(29)15-10-18-30(28)34-32(36)24-12-8-14-26(22-24)38-20-6-4-2/h7-18,21-22H,3-6,19-20H2,1-2H3,(H,33,35)(H,34,36). The fourth-order valence-electron chi connectivity index (χ4n) is 4.04. The van der Waals surface area contributed by atoms with Gasteiger partial charge in [0.15, 0.2) is 0 Å². The molecule has 4 aromatic rings. The molecule has 0 unspecified atom stereocenters. The number of rotatable bonds is 12. The van der Waals surface area contributed by atoms with Crippen LogP contribution in [-0.4, -0.2) is 25.0 Å². The Hall–Kier alpha value is -4.32. The quantitative estimate of drug-likeness (QED) is 0.191. The van der Waals surface area contributed by atoms with Crippen molar-refractivity contribution in [1.82, 2.24) is 0 Å². The Morgan fingerprint density at radius 2 is 1.03 bits per heavy atom. The summed E-state index contributed by atoms with van der Waals surface area (Å²) in [7, 11) is 0. The number of ether oxygens (including phenoxy) is 2. The number of unbranched alkanes of at least 4 members (excludes halogenated alkanes) is 2. The largest absolute Gasteiger partial charge is 0.494 e. The van der Waals surface area contributed by atoms with Gasteiger partial charge in [0.25, 0.3) is 11.8 Å². The molecule has 2 amide bonds. The van der Waals surface area contributed by atoms with Crippen LogP contribution in [0.25, 0.3) is 10.8 Å². The smallest absolute Gasteiger partial charge is 0.255 e. The normalized spacial score (nSPS) is 10.7. The number of nitrogens with one attached hydrogen (secondary N) is 2. The van der Waals surface area contributed by atoms with Crippen molar-refractivity contribution in [3.05, 3.63) is 96.1 Å². The predicted octanol–water partition coefficient (Wildman–Crippen LogP) is 7.70. The monoisotopic (exact) mass is 510 g/mol. The fourth-order valence-corrected chi connectivity index (χ4v) is 4.04. The number of amides is 2. The zero-order valence-electron chi connectivity index (χ0n) is 22.0. The van der Waals surface area contributed by atoms with Crippen molar-refractivity contribution in [2.24, 2.45) is 0 Å². The molecule has 0 aliphatic carbocycles. The number of anilines is 2. The van der Waals surface area contributed by atoms with Crippen LogP contribution in [0.3, 0.4) is 0 Å². The summed E-state index contributed by atoms with van der Waals surface area (Å²) in [6.07, 6.45) is 4.01. The molecule has 0 radical (unpaired) electrons. The van der Waals surface area contributed by atoms with Crippen molar-refractivity contribution in [1.29, 1.82) is 0 Å². The summed E-state index contributed by atoms with van der Waals surface area (Å²) in [4.78, 5) is 26.1. The lowest BCUT2D eigenvalue weighted by Crippen LogP contribution is -2.13. The molecule has 38 heavy (non-hydrogen) atoms. The molecule has 0 bridgehead atoms. The van der Waals surface area contributed by atoms with Gasteiger partial charge in [0.05, 0.1) is 13.2 Å². The molecule has 0 spiro atoms. The topological polar surface area (TPSA) is 76.7 Å². The van der Waals surface area contributed by atoms with Gasteiger partial charge in [0, 0.05) is 33.3 Å². The molecule has 6 heteroatoms. The highest BCUT2D eigenvalue weighted by molar-refractivity contribution is 6.14. The first-order valence-electron chi connectivity index (χ1n) is 13.2. The van der Waals surface area contributed by atoms with Gasteiger partial charge in [0.2, 0.25) is 0 Å². The van der Waals surface area contributed by atoms with Gasteiger partial charge >= 0.3 is 0 Å². The number of hydrogen-bond acceptors (Lipinski definition) is 4. The SMILES string of the molecule is CCCCOc1cccc(C(=O)Nc2cccc3c(NC(=O)c4cccc(OCCCC)c4)cccc23)c1. The van der Waals surface area contributed by atoms with Gasteiger partial charge in [-0.1, -0.05) is 63.1 Å². The Balaban J connectivity index is 1.51. The average molecular weight is 511 g/mol. The molecule has 4 rings (SSSR count). The Bertz CT molecular complexity index is 1290.